The molecule has 0 aromatic rings. The average Bonchev–Trinajstić information content (AvgIpc) is 2.44. The van der Waals surface area contributed by atoms with Gasteiger partial charge in [-0.25, -0.2) is 0 Å². The lowest BCUT2D eigenvalue weighted by molar-refractivity contribution is 0.136. The molecule has 0 heterocycles. The number of rotatable bonds is 2. The molecule has 1 aliphatic rings. The minimum absolute atomic E-state index is 0.0537. The molecule has 1 aliphatic carbocycles. The van der Waals surface area contributed by atoms with E-state index in [9.17, 15) is 5.11 Å². The first-order chi connectivity index (χ1) is 6.88. The molecule has 0 spiro atoms. The molecule has 0 aliphatic heterocycles. The van der Waals surface area contributed by atoms with E-state index in [1.807, 2.05) is 20.8 Å². The van der Waals surface area contributed by atoms with E-state index in [4.69, 9.17) is 5.73 Å². The molecule has 1 saturated carbocycles. The van der Waals surface area contributed by atoms with Gasteiger partial charge in [-0.2, -0.15) is 0 Å². The van der Waals surface area contributed by atoms with Crippen LogP contribution in [-0.2, 0) is 0 Å². The molecular formula is C11H23N3O. The number of aliphatic hydroxyl groups is 1. The molecule has 0 aromatic carbocycles. The van der Waals surface area contributed by atoms with Gasteiger partial charge in [0.05, 0.1) is 6.10 Å². The number of hydrogen-bond donors (Lipinski definition) is 3. The summed E-state index contributed by atoms with van der Waals surface area (Å²) in [6, 6.07) is 0. The third-order valence-corrected chi connectivity index (χ3v) is 2.62. The van der Waals surface area contributed by atoms with Gasteiger partial charge in [0.25, 0.3) is 0 Å². The van der Waals surface area contributed by atoms with Crippen molar-refractivity contribution < 1.29 is 5.11 Å². The molecule has 1 rings (SSSR count). The van der Waals surface area contributed by atoms with Crippen LogP contribution < -0.4 is 11.1 Å². The highest BCUT2D eigenvalue weighted by Crippen LogP contribution is 2.25. The lowest BCUT2D eigenvalue weighted by Crippen LogP contribution is -2.45. The third-order valence-electron chi connectivity index (χ3n) is 2.62. The van der Waals surface area contributed by atoms with Crippen molar-refractivity contribution in [2.45, 2.75) is 51.7 Å². The summed E-state index contributed by atoms with van der Waals surface area (Å²) in [5, 5.41) is 12.7. The highest BCUT2D eigenvalue weighted by Gasteiger charge is 2.24. The summed E-state index contributed by atoms with van der Waals surface area (Å²) < 4.78 is 0. The number of guanidine groups is 1. The number of hydrogen-bond acceptors (Lipinski definition) is 2. The maximum atomic E-state index is 9.60. The molecule has 4 heteroatoms. The van der Waals surface area contributed by atoms with Crippen LogP contribution in [0.15, 0.2) is 4.99 Å². The van der Waals surface area contributed by atoms with E-state index in [1.165, 1.54) is 0 Å². The van der Waals surface area contributed by atoms with E-state index >= 15 is 0 Å². The van der Waals surface area contributed by atoms with Crippen LogP contribution in [0.3, 0.4) is 0 Å². The Balaban J connectivity index is 2.36. The zero-order valence-corrected chi connectivity index (χ0v) is 9.95. The van der Waals surface area contributed by atoms with E-state index in [1.54, 1.807) is 0 Å². The Bertz CT molecular complexity index is 232. The highest BCUT2D eigenvalue weighted by molar-refractivity contribution is 5.78. The van der Waals surface area contributed by atoms with Crippen LogP contribution in [0.5, 0.6) is 0 Å². The Hall–Kier alpha value is -0.770. The van der Waals surface area contributed by atoms with Gasteiger partial charge >= 0.3 is 0 Å². The molecule has 0 radical (unpaired) electrons. The Morgan fingerprint density at radius 2 is 2.13 bits per heavy atom. The molecule has 15 heavy (non-hydrogen) atoms. The Morgan fingerprint density at radius 3 is 2.60 bits per heavy atom. The fourth-order valence-electron chi connectivity index (χ4n) is 1.87. The maximum Gasteiger partial charge on any atom is 0.188 e. The SMILES string of the molecule is CC(C)(C)NC(N)=NCC1CCCC1O. The molecule has 0 saturated heterocycles. The quantitative estimate of drug-likeness (QED) is 0.470. The fourth-order valence-corrected chi connectivity index (χ4v) is 1.87. The van der Waals surface area contributed by atoms with E-state index in [2.05, 4.69) is 10.3 Å². The number of aliphatic imine (C=N–C) groups is 1. The summed E-state index contributed by atoms with van der Waals surface area (Å²) >= 11 is 0. The van der Waals surface area contributed by atoms with Crippen LogP contribution in [0.25, 0.3) is 0 Å². The lowest BCUT2D eigenvalue weighted by Gasteiger charge is -2.21. The van der Waals surface area contributed by atoms with Gasteiger partial charge in [-0.3, -0.25) is 4.99 Å². The molecule has 1 fully saturated rings. The van der Waals surface area contributed by atoms with Gasteiger partial charge in [0, 0.05) is 18.0 Å². The predicted molar refractivity (Wildman–Crippen MR) is 62.7 cm³/mol. The van der Waals surface area contributed by atoms with Crippen molar-refractivity contribution >= 4 is 5.96 Å². The maximum absolute atomic E-state index is 9.60. The van der Waals surface area contributed by atoms with Gasteiger partial charge in [-0.15, -0.1) is 0 Å². The second-order valence-electron chi connectivity index (χ2n) is 5.36. The van der Waals surface area contributed by atoms with Crippen LogP contribution in [0.1, 0.15) is 40.0 Å². The van der Waals surface area contributed by atoms with Crippen LogP contribution in [-0.4, -0.2) is 29.3 Å². The van der Waals surface area contributed by atoms with Gasteiger partial charge in [0.15, 0.2) is 5.96 Å². The molecular weight excluding hydrogens is 190 g/mol. The highest BCUT2D eigenvalue weighted by atomic mass is 16.3. The lowest BCUT2D eigenvalue weighted by atomic mass is 10.1. The van der Waals surface area contributed by atoms with Crippen LogP contribution in [0.4, 0.5) is 0 Å². The van der Waals surface area contributed by atoms with Crippen molar-refractivity contribution in [3.8, 4) is 0 Å². The Labute approximate surface area is 92.0 Å². The molecule has 2 atom stereocenters. The smallest absolute Gasteiger partial charge is 0.188 e. The number of nitrogens with zero attached hydrogens (tertiary/aromatic N) is 1. The van der Waals surface area contributed by atoms with Crippen molar-refractivity contribution in [3.63, 3.8) is 0 Å². The van der Waals surface area contributed by atoms with Crippen molar-refractivity contribution in [2.75, 3.05) is 6.54 Å². The molecule has 4 nitrogen and oxygen atoms in total. The van der Waals surface area contributed by atoms with Crippen molar-refractivity contribution in [1.29, 1.82) is 0 Å². The van der Waals surface area contributed by atoms with Gasteiger partial charge < -0.3 is 16.2 Å². The van der Waals surface area contributed by atoms with Crippen LogP contribution >= 0.6 is 0 Å². The van der Waals surface area contributed by atoms with E-state index in [-0.39, 0.29) is 11.6 Å². The van der Waals surface area contributed by atoms with Crippen molar-refractivity contribution in [1.82, 2.24) is 5.32 Å². The first-order valence-electron chi connectivity index (χ1n) is 5.64. The normalized spacial score (nSPS) is 28.1. The summed E-state index contributed by atoms with van der Waals surface area (Å²) in [6.07, 6.45) is 2.89. The monoisotopic (exact) mass is 213 g/mol. The topological polar surface area (TPSA) is 70.6 Å². The van der Waals surface area contributed by atoms with Crippen molar-refractivity contribution in [3.05, 3.63) is 0 Å². The largest absolute Gasteiger partial charge is 0.393 e. The second kappa shape index (κ2) is 4.84. The number of nitrogens with one attached hydrogen (secondary N) is 1. The van der Waals surface area contributed by atoms with E-state index in [0.717, 1.165) is 19.3 Å². The first-order valence-corrected chi connectivity index (χ1v) is 5.64. The van der Waals surface area contributed by atoms with Crippen LogP contribution in [0.2, 0.25) is 0 Å². The molecule has 88 valence electrons. The van der Waals surface area contributed by atoms with Crippen LogP contribution in [0, 0.1) is 5.92 Å². The Morgan fingerprint density at radius 1 is 1.47 bits per heavy atom. The van der Waals surface area contributed by atoms with Gasteiger partial charge in [-0.05, 0) is 33.6 Å². The third kappa shape index (κ3) is 4.51. The van der Waals surface area contributed by atoms with Gasteiger partial charge in [0.2, 0.25) is 0 Å². The summed E-state index contributed by atoms with van der Waals surface area (Å²) in [4.78, 5) is 4.27. The minimum Gasteiger partial charge on any atom is -0.393 e. The van der Waals surface area contributed by atoms with E-state index in [0.29, 0.717) is 18.4 Å². The zero-order valence-electron chi connectivity index (χ0n) is 9.95. The van der Waals surface area contributed by atoms with E-state index < -0.39 is 0 Å². The molecule has 0 aromatic heterocycles. The van der Waals surface area contributed by atoms with Gasteiger partial charge in [-0.1, -0.05) is 6.42 Å². The Kier molecular flexibility index (Phi) is 3.97. The summed E-state index contributed by atoms with van der Waals surface area (Å²) in [6.45, 7) is 6.76. The molecule has 0 amide bonds. The summed E-state index contributed by atoms with van der Waals surface area (Å²) in [5.74, 6) is 0.770. The first kappa shape index (κ1) is 12.3. The molecule has 4 N–H and O–H groups in total. The fraction of sp³-hybridized carbons (Fsp3) is 0.909. The van der Waals surface area contributed by atoms with Crippen molar-refractivity contribution in [2.24, 2.45) is 16.6 Å². The minimum atomic E-state index is -0.184. The number of nitrogens with two attached hydrogens (primary N) is 1. The standard InChI is InChI=1S/C11H23N3O/c1-11(2,3)14-10(12)13-7-8-5-4-6-9(8)15/h8-9,15H,4-7H2,1-3H3,(H3,12,13,14). The molecule has 0 bridgehead atoms. The summed E-state index contributed by atoms with van der Waals surface area (Å²) in [5.41, 5.74) is 5.69. The molecule has 2 unspecified atom stereocenters. The second-order valence-corrected chi connectivity index (χ2v) is 5.36. The predicted octanol–water partition coefficient (Wildman–Crippen LogP) is 0.850. The number of aliphatic hydroxyl groups excluding tert-OH is 1. The van der Waals surface area contributed by atoms with Gasteiger partial charge in [0.1, 0.15) is 0 Å². The zero-order chi connectivity index (χ0) is 11.5. The average molecular weight is 213 g/mol. The summed E-state index contributed by atoms with van der Waals surface area (Å²) in [7, 11) is 0.